The lowest BCUT2D eigenvalue weighted by atomic mass is 10.0. The van der Waals surface area contributed by atoms with Crippen LogP contribution in [0.1, 0.15) is 48.1 Å². The molecule has 0 aromatic heterocycles. The average molecular weight is 374 g/mol. The third kappa shape index (κ3) is 2.83. The van der Waals surface area contributed by atoms with Gasteiger partial charge < -0.3 is 9.47 Å². The van der Waals surface area contributed by atoms with Crippen LogP contribution in [0.25, 0.3) is 0 Å². The van der Waals surface area contributed by atoms with Gasteiger partial charge in [0.15, 0.2) is 11.8 Å². The van der Waals surface area contributed by atoms with E-state index in [2.05, 4.69) is 55.5 Å². The van der Waals surface area contributed by atoms with Crippen molar-refractivity contribution in [3.63, 3.8) is 0 Å². The standard InChI is InChI=1S/C24H26N2O2/c1-15-7-3-4-8-17(15)13-16(2)27-22(25)24(11-12-24)23-26-21-19-10-6-5-9-18(19)14-20(21)28-23/h3-10,16,20-21,25H,11-14H2,1-2H3/t16-,20+,21-/m1/s1. The Labute approximate surface area is 166 Å². The maximum atomic E-state index is 8.64. The van der Waals surface area contributed by atoms with Crippen LogP contribution in [0.15, 0.2) is 53.5 Å². The number of benzene rings is 2. The first-order chi connectivity index (χ1) is 13.6. The van der Waals surface area contributed by atoms with Crippen LogP contribution < -0.4 is 0 Å². The zero-order chi connectivity index (χ0) is 19.3. The molecule has 2 aromatic carbocycles. The van der Waals surface area contributed by atoms with Gasteiger partial charge in [-0.1, -0.05) is 48.5 Å². The van der Waals surface area contributed by atoms with E-state index < -0.39 is 5.41 Å². The van der Waals surface area contributed by atoms with Gasteiger partial charge in [0, 0.05) is 12.8 Å². The van der Waals surface area contributed by atoms with Crippen LogP contribution in [0.4, 0.5) is 0 Å². The summed E-state index contributed by atoms with van der Waals surface area (Å²) in [7, 11) is 0. The van der Waals surface area contributed by atoms with E-state index in [9.17, 15) is 0 Å². The van der Waals surface area contributed by atoms with Crippen molar-refractivity contribution in [1.29, 1.82) is 5.41 Å². The molecular formula is C24H26N2O2. The normalized spacial score (nSPS) is 24.6. The molecule has 1 heterocycles. The molecule has 0 bridgehead atoms. The summed E-state index contributed by atoms with van der Waals surface area (Å²) in [6.45, 7) is 4.16. The van der Waals surface area contributed by atoms with Crippen molar-refractivity contribution in [3.8, 4) is 0 Å². The number of aliphatic imine (C=N–C) groups is 1. The fraction of sp³-hybridized carbons (Fsp3) is 0.417. The second kappa shape index (κ2) is 6.47. The third-order valence-electron chi connectivity index (χ3n) is 6.35. The molecule has 0 saturated heterocycles. The largest absolute Gasteiger partial charge is 0.477 e. The molecular weight excluding hydrogens is 348 g/mol. The average Bonchev–Trinajstić information content (AvgIpc) is 3.28. The van der Waals surface area contributed by atoms with Gasteiger partial charge in [0.1, 0.15) is 23.7 Å². The summed E-state index contributed by atoms with van der Waals surface area (Å²) in [6.07, 6.45) is 3.53. The monoisotopic (exact) mass is 374 g/mol. The van der Waals surface area contributed by atoms with Gasteiger partial charge in [0.25, 0.3) is 0 Å². The van der Waals surface area contributed by atoms with E-state index in [1.807, 2.05) is 6.92 Å². The van der Waals surface area contributed by atoms with Gasteiger partial charge in [0.05, 0.1) is 0 Å². The Bertz CT molecular complexity index is 961. The van der Waals surface area contributed by atoms with Crippen LogP contribution in [-0.4, -0.2) is 24.0 Å². The summed E-state index contributed by atoms with van der Waals surface area (Å²) in [5.74, 6) is 1.05. The van der Waals surface area contributed by atoms with E-state index in [1.54, 1.807) is 0 Å². The maximum absolute atomic E-state index is 8.64. The number of aryl methyl sites for hydroxylation is 1. The molecule has 3 aliphatic rings. The Balaban J connectivity index is 1.29. The van der Waals surface area contributed by atoms with E-state index in [0.29, 0.717) is 5.90 Å². The van der Waals surface area contributed by atoms with Crippen LogP contribution in [0.5, 0.6) is 0 Å². The second-order valence-electron chi connectivity index (χ2n) is 8.41. The molecule has 0 amide bonds. The van der Waals surface area contributed by atoms with Crippen molar-refractivity contribution < 1.29 is 9.47 Å². The highest BCUT2D eigenvalue weighted by molar-refractivity contribution is 6.07. The van der Waals surface area contributed by atoms with Crippen LogP contribution >= 0.6 is 0 Å². The molecule has 1 fully saturated rings. The molecule has 2 aliphatic carbocycles. The lowest BCUT2D eigenvalue weighted by molar-refractivity contribution is 0.175. The topological polar surface area (TPSA) is 54.7 Å². The molecule has 1 N–H and O–H groups in total. The molecule has 3 atom stereocenters. The van der Waals surface area contributed by atoms with Crippen LogP contribution in [-0.2, 0) is 22.3 Å². The van der Waals surface area contributed by atoms with Crippen molar-refractivity contribution >= 4 is 11.8 Å². The van der Waals surface area contributed by atoms with E-state index in [-0.39, 0.29) is 18.2 Å². The number of ether oxygens (including phenoxy) is 2. The van der Waals surface area contributed by atoms with Gasteiger partial charge in [-0.3, -0.25) is 5.41 Å². The van der Waals surface area contributed by atoms with Gasteiger partial charge in [-0.05, 0) is 48.9 Å². The Morgan fingerprint density at radius 1 is 1.21 bits per heavy atom. The second-order valence-corrected chi connectivity index (χ2v) is 8.41. The van der Waals surface area contributed by atoms with Crippen molar-refractivity contribution in [1.82, 2.24) is 0 Å². The molecule has 28 heavy (non-hydrogen) atoms. The highest BCUT2D eigenvalue weighted by atomic mass is 16.5. The Morgan fingerprint density at radius 3 is 2.75 bits per heavy atom. The molecule has 144 valence electrons. The number of hydrogen-bond acceptors (Lipinski definition) is 4. The molecule has 0 spiro atoms. The van der Waals surface area contributed by atoms with Crippen molar-refractivity contribution in [2.45, 2.75) is 57.8 Å². The SMILES string of the molecule is Cc1ccccc1C[C@@H](C)OC(=N)C1(C2=N[C@@H]3c4ccccc4C[C@@H]3O2)CC1. The van der Waals surface area contributed by atoms with Crippen LogP contribution in [0.2, 0.25) is 0 Å². The fourth-order valence-electron chi connectivity index (χ4n) is 4.50. The van der Waals surface area contributed by atoms with Gasteiger partial charge in [-0.2, -0.15) is 0 Å². The van der Waals surface area contributed by atoms with Crippen molar-refractivity contribution in [2.75, 3.05) is 0 Å². The van der Waals surface area contributed by atoms with E-state index >= 15 is 0 Å². The number of fused-ring (bicyclic) bond motifs is 3. The summed E-state index contributed by atoms with van der Waals surface area (Å²) >= 11 is 0. The number of rotatable bonds is 5. The zero-order valence-corrected chi connectivity index (χ0v) is 16.4. The summed E-state index contributed by atoms with van der Waals surface area (Å²) < 4.78 is 12.3. The lowest BCUT2D eigenvalue weighted by Gasteiger charge is -2.22. The molecule has 4 heteroatoms. The fourth-order valence-corrected chi connectivity index (χ4v) is 4.50. The molecule has 4 nitrogen and oxygen atoms in total. The number of nitrogens with zero attached hydrogens (tertiary/aromatic N) is 1. The molecule has 1 aliphatic heterocycles. The minimum absolute atomic E-state index is 0.0479. The van der Waals surface area contributed by atoms with Crippen molar-refractivity contribution in [3.05, 3.63) is 70.8 Å². The first kappa shape index (κ1) is 17.5. The molecule has 0 unspecified atom stereocenters. The quantitative estimate of drug-likeness (QED) is 0.604. The van der Waals surface area contributed by atoms with Crippen LogP contribution in [0, 0.1) is 17.7 Å². The van der Waals surface area contributed by atoms with Gasteiger partial charge >= 0.3 is 0 Å². The van der Waals surface area contributed by atoms with E-state index in [4.69, 9.17) is 19.9 Å². The summed E-state index contributed by atoms with van der Waals surface area (Å²) in [5.41, 5.74) is 4.72. The summed E-state index contributed by atoms with van der Waals surface area (Å²) in [4.78, 5) is 4.93. The van der Waals surface area contributed by atoms with Gasteiger partial charge in [-0.15, -0.1) is 0 Å². The Morgan fingerprint density at radius 2 is 1.96 bits per heavy atom. The number of hydrogen-bond donors (Lipinski definition) is 1. The lowest BCUT2D eigenvalue weighted by Crippen LogP contribution is -2.32. The van der Waals surface area contributed by atoms with E-state index in [1.165, 1.54) is 22.3 Å². The highest BCUT2D eigenvalue weighted by Gasteiger charge is 2.58. The predicted molar refractivity (Wildman–Crippen MR) is 110 cm³/mol. The van der Waals surface area contributed by atoms with Gasteiger partial charge in [-0.25, -0.2) is 4.99 Å². The Hall–Kier alpha value is -2.62. The highest BCUT2D eigenvalue weighted by Crippen LogP contribution is 2.53. The molecule has 2 aromatic rings. The van der Waals surface area contributed by atoms with E-state index in [0.717, 1.165) is 31.6 Å². The first-order valence-electron chi connectivity index (χ1n) is 10.2. The Kier molecular flexibility index (Phi) is 4.04. The molecule has 0 radical (unpaired) electrons. The summed E-state index contributed by atoms with van der Waals surface area (Å²) in [6, 6.07) is 16.9. The van der Waals surface area contributed by atoms with Crippen LogP contribution in [0.3, 0.4) is 0 Å². The maximum Gasteiger partial charge on any atom is 0.200 e. The minimum Gasteiger partial charge on any atom is -0.477 e. The first-order valence-corrected chi connectivity index (χ1v) is 10.2. The smallest absolute Gasteiger partial charge is 0.200 e. The van der Waals surface area contributed by atoms with Crippen molar-refractivity contribution in [2.24, 2.45) is 10.4 Å². The summed E-state index contributed by atoms with van der Waals surface area (Å²) in [5, 5.41) is 8.64. The predicted octanol–water partition coefficient (Wildman–Crippen LogP) is 4.79. The molecule has 5 rings (SSSR count). The number of nitrogens with one attached hydrogen (secondary N) is 1. The zero-order valence-electron chi connectivity index (χ0n) is 16.4. The molecule has 1 saturated carbocycles. The minimum atomic E-state index is -0.431. The third-order valence-corrected chi connectivity index (χ3v) is 6.35. The van der Waals surface area contributed by atoms with Gasteiger partial charge in [0.2, 0.25) is 0 Å².